The molecular formula is C22H26BrN3O4. The fourth-order valence-electron chi connectivity index (χ4n) is 3.45. The van der Waals surface area contributed by atoms with Crippen molar-refractivity contribution in [2.75, 3.05) is 44.5 Å². The number of piperidine rings is 1. The van der Waals surface area contributed by atoms with Crippen molar-refractivity contribution >= 4 is 39.1 Å². The Bertz CT molecular complexity index is 880. The lowest BCUT2D eigenvalue weighted by molar-refractivity contribution is -0.121. The van der Waals surface area contributed by atoms with Gasteiger partial charge in [0.15, 0.2) is 11.5 Å². The third kappa shape index (κ3) is 5.96. The molecule has 30 heavy (non-hydrogen) atoms. The van der Waals surface area contributed by atoms with Gasteiger partial charge in [-0.1, -0.05) is 15.9 Å². The Morgan fingerprint density at radius 2 is 1.60 bits per heavy atom. The number of carbonyl (C=O) groups excluding carboxylic acids is 2. The number of hydrogen-bond donors (Lipinski definition) is 2. The smallest absolute Gasteiger partial charge is 0.238 e. The number of benzene rings is 2. The average Bonchev–Trinajstić information content (AvgIpc) is 2.75. The van der Waals surface area contributed by atoms with E-state index in [9.17, 15) is 9.59 Å². The molecule has 1 fully saturated rings. The number of nitrogens with zero attached hydrogens (tertiary/aromatic N) is 1. The lowest BCUT2D eigenvalue weighted by atomic mass is 9.96. The first-order valence-electron chi connectivity index (χ1n) is 9.79. The van der Waals surface area contributed by atoms with E-state index < -0.39 is 0 Å². The molecule has 1 aliphatic rings. The van der Waals surface area contributed by atoms with Gasteiger partial charge in [-0.25, -0.2) is 0 Å². The molecule has 7 nitrogen and oxygen atoms in total. The molecule has 2 amide bonds. The van der Waals surface area contributed by atoms with Crippen LogP contribution in [0, 0.1) is 5.92 Å². The summed E-state index contributed by atoms with van der Waals surface area (Å²) >= 11 is 3.39. The fraction of sp³-hybridized carbons (Fsp3) is 0.364. The van der Waals surface area contributed by atoms with Gasteiger partial charge in [0, 0.05) is 27.8 Å². The Hall–Kier alpha value is -2.58. The summed E-state index contributed by atoms with van der Waals surface area (Å²) in [5, 5.41) is 5.85. The highest BCUT2D eigenvalue weighted by Gasteiger charge is 2.26. The molecule has 0 unspecified atom stereocenters. The highest BCUT2D eigenvalue weighted by atomic mass is 79.9. The van der Waals surface area contributed by atoms with Crippen molar-refractivity contribution in [1.82, 2.24) is 4.90 Å². The van der Waals surface area contributed by atoms with Crippen LogP contribution in [0.2, 0.25) is 0 Å². The van der Waals surface area contributed by atoms with Crippen molar-refractivity contribution in [1.29, 1.82) is 0 Å². The van der Waals surface area contributed by atoms with Gasteiger partial charge in [0.1, 0.15) is 0 Å². The van der Waals surface area contributed by atoms with Crippen LogP contribution >= 0.6 is 15.9 Å². The molecule has 0 aromatic heterocycles. The second-order valence-corrected chi connectivity index (χ2v) is 8.08. The minimum absolute atomic E-state index is 0.0340. The number of carbonyl (C=O) groups is 2. The zero-order valence-electron chi connectivity index (χ0n) is 17.1. The van der Waals surface area contributed by atoms with E-state index in [2.05, 4.69) is 31.5 Å². The van der Waals surface area contributed by atoms with Crippen molar-refractivity contribution in [2.24, 2.45) is 5.92 Å². The molecule has 8 heteroatoms. The van der Waals surface area contributed by atoms with E-state index in [1.807, 2.05) is 24.3 Å². The number of ether oxygens (including phenoxy) is 2. The van der Waals surface area contributed by atoms with Crippen LogP contribution in [0.25, 0.3) is 0 Å². The van der Waals surface area contributed by atoms with E-state index in [0.717, 1.165) is 23.0 Å². The summed E-state index contributed by atoms with van der Waals surface area (Å²) in [6.07, 6.45) is 1.46. The molecule has 0 saturated carbocycles. The highest BCUT2D eigenvalue weighted by Crippen LogP contribution is 2.29. The number of methoxy groups -OCH3 is 2. The molecule has 3 rings (SSSR count). The predicted molar refractivity (Wildman–Crippen MR) is 120 cm³/mol. The van der Waals surface area contributed by atoms with Crippen molar-refractivity contribution in [3.63, 3.8) is 0 Å². The van der Waals surface area contributed by atoms with E-state index in [-0.39, 0.29) is 24.3 Å². The quantitative estimate of drug-likeness (QED) is 0.637. The number of likely N-dealkylation sites (tertiary alicyclic amines) is 1. The van der Waals surface area contributed by atoms with Gasteiger partial charge in [-0.2, -0.15) is 0 Å². The summed E-state index contributed by atoms with van der Waals surface area (Å²) in [6.45, 7) is 1.70. The van der Waals surface area contributed by atoms with Crippen LogP contribution in [0.15, 0.2) is 46.9 Å². The predicted octanol–water partition coefficient (Wildman–Crippen LogP) is 3.76. The molecule has 0 aliphatic carbocycles. The highest BCUT2D eigenvalue weighted by molar-refractivity contribution is 9.10. The van der Waals surface area contributed by atoms with E-state index in [1.165, 1.54) is 0 Å². The van der Waals surface area contributed by atoms with Gasteiger partial charge in [-0.15, -0.1) is 0 Å². The topological polar surface area (TPSA) is 79.9 Å². The third-order valence-electron chi connectivity index (χ3n) is 5.10. The maximum atomic E-state index is 12.5. The first-order chi connectivity index (χ1) is 14.5. The lowest BCUT2D eigenvalue weighted by Gasteiger charge is -2.30. The van der Waals surface area contributed by atoms with Gasteiger partial charge in [0.25, 0.3) is 0 Å². The normalized spacial score (nSPS) is 14.8. The standard InChI is InChI=1S/C22H26BrN3O4/c1-29-19-8-7-18(13-20(19)30-2)24-21(27)14-26-11-9-15(10-12-26)22(28)25-17-5-3-16(23)4-6-17/h3-8,13,15H,9-12,14H2,1-2H3,(H,24,27)(H,25,28). The SMILES string of the molecule is COc1ccc(NC(=O)CN2CCC(C(=O)Nc3ccc(Br)cc3)CC2)cc1OC. The molecule has 1 heterocycles. The largest absolute Gasteiger partial charge is 0.493 e. The van der Waals surface area contributed by atoms with Gasteiger partial charge in [-0.05, 0) is 62.3 Å². The molecule has 0 spiro atoms. The monoisotopic (exact) mass is 475 g/mol. The van der Waals surface area contributed by atoms with Gasteiger partial charge in [0.2, 0.25) is 11.8 Å². The molecule has 1 aliphatic heterocycles. The number of anilines is 2. The summed E-state index contributed by atoms with van der Waals surface area (Å²) in [5.74, 6) is 1.07. The maximum absolute atomic E-state index is 12.5. The third-order valence-corrected chi connectivity index (χ3v) is 5.63. The maximum Gasteiger partial charge on any atom is 0.238 e. The molecule has 2 aromatic carbocycles. The molecular weight excluding hydrogens is 450 g/mol. The van der Waals surface area contributed by atoms with Crippen LogP contribution in [0.4, 0.5) is 11.4 Å². The number of halogens is 1. The summed E-state index contributed by atoms with van der Waals surface area (Å²) in [7, 11) is 3.12. The molecule has 2 aromatic rings. The van der Waals surface area contributed by atoms with E-state index in [1.54, 1.807) is 32.4 Å². The van der Waals surface area contributed by atoms with Crippen molar-refractivity contribution in [2.45, 2.75) is 12.8 Å². The van der Waals surface area contributed by atoms with Crippen LogP contribution in [0.1, 0.15) is 12.8 Å². The van der Waals surface area contributed by atoms with Crippen LogP contribution in [-0.2, 0) is 9.59 Å². The van der Waals surface area contributed by atoms with Crippen molar-refractivity contribution in [3.05, 3.63) is 46.9 Å². The van der Waals surface area contributed by atoms with Crippen molar-refractivity contribution < 1.29 is 19.1 Å². The van der Waals surface area contributed by atoms with E-state index in [0.29, 0.717) is 30.3 Å². The molecule has 0 atom stereocenters. The second-order valence-electron chi connectivity index (χ2n) is 7.16. The Kier molecular flexibility index (Phi) is 7.70. The Morgan fingerprint density at radius 3 is 2.23 bits per heavy atom. The van der Waals surface area contributed by atoms with E-state index >= 15 is 0 Å². The second kappa shape index (κ2) is 10.4. The van der Waals surface area contributed by atoms with Gasteiger partial charge < -0.3 is 20.1 Å². The van der Waals surface area contributed by atoms with Gasteiger partial charge in [0.05, 0.1) is 20.8 Å². The van der Waals surface area contributed by atoms with Crippen molar-refractivity contribution in [3.8, 4) is 11.5 Å². The fourth-order valence-corrected chi connectivity index (χ4v) is 3.71. The summed E-state index contributed by atoms with van der Waals surface area (Å²) < 4.78 is 11.4. The first-order valence-corrected chi connectivity index (χ1v) is 10.6. The van der Waals surface area contributed by atoms with Gasteiger partial charge in [-0.3, -0.25) is 14.5 Å². The minimum Gasteiger partial charge on any atom is -0.493 e. The Morgan fingerprint density at radius 1 is 0.967 bits per heavy atom. The number of rotatable bonds is 7. The average molecular weight is 476 g/mol. The van der Waals surface area contributed by atoms with Gasteiger partial charge >= 0.3 is 0 Å². The summed E-state index contributed by atoms with van der Waals surface area (Å²) in [4.78, 5) is 27.0. The molecule has 0 radical (unpaired) electrons. The zero-order chi connectivity index (χ0) is 21.5. The van der Waals surface area contributed by atoms with Crippen LogP contribution in [-0.4, -0.2) is 50.6 Å². The van der Waals surface area contributed by atoms with Crippen LogP contribution < -0.4 is 20.1 Å². The van der Waals surface area contributed by atoms with Crippen LogP contribution in [0.3, 0.4) is 0 Å². The first kappa shape index (κ1) is 22.1. The Labute approximate surface area is 184 Å². The summed E-state index contributed by atoms with van der Waals surface area (Å²) in [5.41, 5.74) is 1.45. The summed E-state index contributed by atoms with van der Waals surface area (Å²) in [6, 6.07) is 12.8. The number of nitrogens with one attached hydrogen (secondary N) is 2. The molecule has 160 valence electrons. The Balaban J connectivity index is 1.45. The number of amides is 2. The number of hydrogen-bond acceptors (Lipinski definition) is 5. The molecule has 0 bridgehead atoms. The molecule has 2 N–H and O–H groups in total. The lowest BCUT2D eigenvalue weighted by Crippen LogP contribution is -2.41. The minimum atomic E-state index is -0.0972. The molecule has 1 saturated heterocycles. The van der Waals surface area contributed by atoms with E-state index in [4.69, 9.17) is 9.47 Å². The van der Waals surface area contributed by atoms with Crippen LogP contribution in [0.5, 0.6) is 11.5 Å². The zero-order valence-corrected chi connectivity index (χ0v) is 18.7.